The Morgan fingerprint density at radius 3 is 2.64 bits per heavy atom. The van der Waals surface area contributed by atoms with Crippen molar-refractivity contribution in [3.8, 4) is 11.3 Å². The summed E-state index contributed by atoms with van der Waals surface area (Å²) in [6.07, 6.45) is 4.20. The number of hydrogen-bond acceptors (Lipinski definition) is 4. The van der Waals surface area contributed by atoms with Crippen molar-refractivity contribution in [3.63, 3.8) is 0 Å². The standard InChI is InChI=1S/C24H20BrCl2N3O2S/c25-17-4-1-3-16(13-17)20-14-33-24(29-20)15-9-11-30(12-10-15)22(32)8-7-21(31)28-19-6-2-5-18(26)23(19)27/h1-8,13-15H,9-12H2,(H,28,31). The molecule has 1 fully saturated rings. The van der Waals surface area contributed by atoms with Gasteiger partial charge in [-0.1, -0.05) is 57.3 Å². The molecule has 1 aliphatic heterocycles. The number of rotatable bonds is 5. The van der Waals surface area contributed by atoms with E-state index in [1.807, 2.05) is 18.2 Å². The molecule has 0 atom stereocenters. The van der Waals surface area contributed by atoms with Crippen LogP contribution in [0.2, 0.25) is 10.0 Å². The van der Waals surface area contributed by atoms with Gasteiger partial charge in [-0.3, -0.25) is 9.59 Å². The lowest BCUT2D eigenvalue weighted by molar-refractivity contribution is -0.127. The molecule has 5 nitrogen and oxygen atoms in total. The van der Waals surface area contributed by atoms with Crippen LogP contribution in [-0.2, 0) is 9.59 Å². The summed E-state index contributed by atoms with van der Waals surface area (Å²) in [6, 6.07) is 13.1. The maximum Gasteiger partial charge on any atom is 0.248 e. The third-order valence-corrected chi connectivity index (χ3v) is 7.70. The second kappa shape index (κ2) is 10.8. The third kappa shape index (κ3) is 6.03. The lowest BCUT2D eigenvalue weighted by Gasteiger charge is -2.30. The van der Waals surface area contributed by atoms with Crippen LogP contribution in [0.4, 0.5) is 5.69 Å². The first-order valence-corrected chi connectivity index (χ1v) is 12.8. The zero-order chi connectivity index (χ0) is 23.4. The van der Waals surface area contributed by atoms with Gasteiger partial charge >= 0.3 is 0 Å². The molecule has 0 bridgehead atoms. The summed E-state index contributed by atoms with van der Waals surface area (Å²) in [5.74, 6) is -0.294. The van der Waals surface area contributed by atoms with Crippen molar-refractivity contribution < 1.29 is 9.59 Å². The van der Waals surface area contributed by atoms with Crippen molar-refractivity contribution in [2.24, 2.45) is 0 Å². The van der Waals surface area contributed by atoms with Crippen LogP contribution >= 0.6 is 50.5 Å². The summed E-state index contributed by atoms with van der Waals surface area (Å²) >= 11 is 17.2. The highest BCUT2D eigenvalue weighted by molar-refractivity contribution is 9.10. The van der Waals surface area contributed by atoms with E-state index >= 15 is 0 Å². The van der Waals surface area contributed by atoms with E-state index in [0.717, 1.165) is 33.6 Å². The number of amides is 2. The SMILES string of the molecule is O=C(C=CC(=O)N1CCC(c2nc(-c3cccc(Br)c3)cs2)CC1)Nc1cccc(Cl)c1Cl. The number of benzene rings is 2. The number of anilines is 1. The molecule has 0 unspecified atom stereocenters. The lowest BCUT2D eigenvalue weighted by Crippen LogP contribution is -2.37. The van der Waals surface area contributed by atoms with Gasteiger partial charge in [-0.2, -0.15) is 0 Å². The zero-order valence-electron chi connectivity index (χ0n) is 17.4. The van der Waals surface area contributed by atoms with E-state index in [1.54, 1.807) is 34.4 Å². The van der Waals surface area contributed by atoms with E-state index in [9.17, 15) is 9.59 Å². The summed E-state index contributed by atoms with van der Waals surface area (Å²) in [4.78, 5) is 31.3. The van der Waals surface area contributed by atoms with Crippen molar-refractivity contribution in [2.45, 2.75) is 18.8 Å². The van der Waals surface area contributed by atoms with Crippen LogP contribution in [0, 0.1) is 0 Å². The zero-order valence-corrected chi connectivity index (χ0v) is 21.3. The molecule has 1 N–H and O–H groups in total. The van der Waals surface area contributed by atoms with Crippen molar-refractivity contribution in [1.82, 2.24) is 9.88 Å². The molecule has 4 rings (SSSR count). The van der Waals surface area contributed by atoms with Gasteiger partial charge in [0.05, 0.1) is 26.4 Å². The Hall–Kier alpha value is -2.19. The molecule has 170 valence electrons. The Morgan fingerprint density at radius 1 is 1.12 bits per heavy atom. The fourth-order valence-corrected chi connectivity index (χ4v) is 5.38. The van der Waals surface area contributed by atoms with Crippen LogP contribution < -0.4 is 5.32 Å². The Bertz CT molecular complexity index is 1210. The van der Waals surface area contributed by atoms with Gasteiger partial charge in [-0.15, -0.1) is 11.3 Å². The average molecular weight is 565 g/mol. The van der Waals surface area contributed by atoms with Crippen LogP contribution in [0.15, 0.2) is 64.5 Å². The lowest BCUT2D eigenvalue weighted by atomic mass is 9.97. The number of halogens is 3. The number of thiazole rings is 1. The van der Waals surface area contributed by atoms with Crippen LogP contribution in [0.25, 0.3) is 11.3 Å². The highest BCUT2D eigenvalue weighted by Gasteiger charge is 2.25. The average Bonchev–Trinajstić information content (AvgIpc) is 3.31. The molecular weight excluding hydrogens is 545 g/mol. The summed E-state index contributed by atoms with van der Waals surface area (Å²) in [7, 11) is 0. The van der Waals surface area contributed by atoms with E-state index in [2.05, 4.69) is 32.7 Å². The highest BCUT2D eigenvalue weighted by Crippen LogP contribution is 2.33. The monoisotopic (exact) mass is 563 g/mol. The Labute approximate surface area is 214 Å². The topological polar surface area (TPSA) is 62.3 Å². The Kier molecular flexibility index (Phi) is 7.86. The molecule has 0 aliphatic carbocycles. The van der Waals surface area contributed by atoms with E-state index < -0.39 is 5.91 Å². The van der Waals surface area contributed by atoms with Crippen molar-refractivity contribution in [3.05, 3.63) is 79.5 Å². The second-order valence-corrected chi connectivity index (χ2v) is 10.2. The van der Waals surface area contributed by atoms with Gasteiger partial charge in [0.2, 0.25) is 11.8 Å². The van der Waals surface area contributed by atoms with E-state index in [1.165, 1.54) is 12.2 Å². The molecule has 2 heterocycles. The van der Waals surface area contributed by atoms with E-state index in [-0.39, 0.29) is 10.9 Å². The summed E-state index contributed by atoms with van der Waals surface area (Å²) in [5, 5.41) is 6.43. The van der Waals surface area contributed by atoms with Gasteiger partial charge in [-0.05, 0) is 37.1 Å². The minimum atomic E-state index is -0.440. The predicted molar refractivity (Wildman–Crippen MR) is 138 cm³/mol. The predicted octanol–water partition coefficient (Wildman–Crippen LogP) is 6.78. The smallest absolute Gasteiger partial charge is 0.248 e. The molecule has 2 amide bonds. The quantitative estimate of drug-likeness (QED) is 0.347. The molecule has 1 saturated heterocycles. The minimum absolute atomic E-state index is 0.185. The van der Waals surface area contributed by atoms with Gasteiger partial charge in [0.25, 0.3) is 0 Å². The van der Waals surface area contributed by atoms with Crippen molar-refractivity contribution in [2.75, 3.05) is 18.4 Å². The van der Waals surface area contributed by atoms with E-state index in [0.29, 0.717) is 29.7 Å². The first kappa shape index (κ1) is 24.0. The Morgan fingerprint density at radius 2 is 1.88 bits per heavy atom. The van der Waals surface area contributed by atoms with Crippen LogP contribution in [0.5, 0.6) is 0 Å². The maximum absolute atomic E-state index is 12.5. The number of likely N-dealkylation sites (tertiary alicyclic amines) is 1. The number of carbonyl (C=O) groups excluding carboxylic acids is 2. The maximum atomic E-state index is 12.5. The van der Waals surface area contributed by atoms with Crippen LogP contribution in [0.1, 0.15) is 23.8 Å². The summed E-state index contributed by atoms with van der Waals surface area (Å²) in [5.41, 5.74) is 2.46. The fourth-order valence-electron chi connectivity index (χ4n) is 3.63. The molecule has 33 heavy (non-hydrogen) atoms. The molecular formula is C24H20BrCl2N3O2S. The van der Waals surface area contributed by atoms with Gasteiger partial charge < -0.3 is 10.2 Å². The molecule has 9 heteroatoms. The number of piperidine rings is 1. The number of hydrogen-bond donors (Lipinski definition) is 1. The fraction of sp³-hybridized carbons (Fsp3) is 0.208. The summed E-state index contributed by atoms with van der Waals surface area (Å²) in [6.45, 7) is 1.25. The van der Waals surface area contributed by atoms with Gasteiger partial charge in [0.15, 0.2) is 0 Å². The van der Waals surface area contributed by atoms with Crippen LogP contribution in [-0.4, -0.2) is 34.8 Å². The first-order chi connectivity index (χ1) is 15.9. The molecule has 0 radical (unpaired) electrons. The van der Waals surface area contributed by atoms with Crippen molar-refractivity contribution in [1.29, 1.82) is 0 Å². The number of nitrogens with one attached hydrogen (secondary N) is 1. The molecule has 3 aromatic rings. The molecule has 0 saturated carbocycles. The molecule has 1 aliphatic rings. The molecule has 2 aromatic carbocycles. The number of aromatic nitrogens is 1. The van der Waals surface area contributed by atoms with Crippen molar-refractivity contribution >= 4 is 68.0 Å². The summed E-state index contributed by atoms with van der Waals surface area (Å²) < 4.78 is 1.03. The minimum Gasteiger partial charge on any atom is -0.339 e. The van der Waals surface area contributed by atoms with Gasteiger partial charge in [0, 0.05) is 46.6 Å². The first-order valence-electron chi connectivity index (χ1n) is 10.3. The van der Waals surface area contributed by atoms with Gasteiger partial charge in [-0.25, -0.2) is 4.98 Å². The highest BCUT2D eigenvalue weighted by atomic mass is 79.9. The van der Waals surface area contributed by atoms with Gasteiger partial charge in [0.1, 0.15) is 0 Å². The normalized spacial score (nSPS) is 14.6. The second-order valence-electron chi connectivity index (χ2n) is 7.60. The Balaban J connectivity index is 1.30. The van der Waals surface area contributed by atoms with Crippen LogP contribution in [0.3, 0.4) is 0 Å². The molecule has 0 spiro atoms. The number of carbonyl (C=O) groups is 2. The largest absolute Gasteiger partial charge is 0.339 e. The molecule has 1 aromatic heterocycles. The number of nitrogens with zero attached hydrogens (tertiary/aromatic N) is 2. The third-order valence-electron chi connectivity index (χ3n) is 5.38. The van der Waals surface area contributed by atoms with E-state index in [4.69, 9.17) is 28.2 Å².